The van der Waals surface area contributed by atoms with Crippen LogP contribution < -0.4 is 4.65 Å². The van der Waals surface area contributed by atoms with Gasteiger partial charge in [-0.2, -0.15) is 0 Å². The standard InChI is InChI=1S/C7H7BN4O3/c13-8(14)15-6-4-2-1-3-5(6)7-9-11-12-10-7/h1-4,13-14H,(H,9,10,11,12). The SMILES string of the molecule is OB(O)Oc1ccccc1-c1nnn[nH]1. The summed E-state index contributed by atoms with van der Waals surface area (Å²) in [5, 5.41) is 30.5. The third-order valence-corrected chi connectivity index (χ3v) is 1.72. The Bertz CT molecular complexity index is 434. The fourth-order valence-corrected chi connectivity index (χ4v) is 1.15. The Morgan fingerprint density at radius 2 is 2.07 bits per heavy atom. The molecule has 8 heteroatoms. The topological polar surface area (TPSA) is 104 Å². The van der Waals surface area contributed by atoms with E-state index in [4.69, 9.17) is 14.7 Å². The van der Waals surface area contributed by atoms with Crippen LogP contribution in [0.2, 0.25) is 0 Å². The average molecular weight is 206 g/mol. The zero-order chi connectivity index (χ0) is 10.7. The molecule has 1 heterocycles. The molecule has 2 aromatic rings. The minimum Gasteiger partial charge on any atom is -0.511 e. The molecule has 1 aromatic heterocycles. The summed E-state index contributed by atoms with van der Waals surface area (Å²) in [6.45, 7) is 0. The van der Waals surface area contributed by atoms with Gasteiger partial charge in [0.25, 0.3) is 0 Å². The molecular formula is C7H7BN4O3. The van der Waals surface area contributed by atoms with Gasteiger partial charge in [-0.1, -0.05) is 12.1 Å². The average Bonchev–Trinajstić information content (AvgIpc) is 2.70. The van der Waals surface area contributed by atoms with Gasteiger partial charge < -0.3 is 14.7 Å². The number of rotatable bonds is 3. The second-order valence-electron chi connectivity index (χ2n) is 2.69. The molecule has 0 atom stereocenters. The summed E-state index contributed by atoms with van der Waals surface area (Å²) in [5.74, 6) is 0.678. The first-order valence-corrected chi connectivity index (χ1v) is 4.13. The Morgan fingerprint density at radius 1 is 1.27 bits per heavy atom. The molecule has 15 heavy (non-hydrogen) atoms. The summed E-state index contributed by atoms with van der Waals surface area (Å²) in [5.41, 5.74) is 0.551. The van der Waals surface area contributed by atoms with Crippen LogP contribution in [0.3, 0.4) is 0 Å². The van der Waals surface area contributed by atoms with Crippen LogP contribution >= 0.6 is 0 Å². The van der Waals surface area contributed by atoms with Crippen molar-refractivity contribution < 1.29 is 14.7 Å². The number of aromatic nitrogens is 4. The van der Waals surface area contributed by atoms with Crippen molar-refractivity contribution in [3.63, 3.8) is 0 Å². The van der Waals surface area contributed by atoms with Crippen molar-refractivity contribution >= 4 is 7.32 Å². The second-order valence-corrected chi connectivity index (χ2v) is 2.69. The molecule has 0 saturated heterocycles. The quantitative estimate of drug-likeness (QED) is 0.568. The van der Waals surface area contributed by atoms with E-state index in [0.717, 1.165) is 0 Å². The van der Waals surface area contributed by atoms with E-state index in [-0.39, 0.29) is 5.75 Å². The lowest BCUT2D eigenvalue weighted by atomic mass is 10.1. The van der Waals surface area contributed by atoms with Crippen molar-refractivity contribution in [2.75, 3.05) is 0 Å². The van der Waals surface area contributed by atoms with E-state index < -0.39 is 7.32 Å². The molecule has 0 saturated carbocycles. The normalized spacial score (nSPS) is 10.0. The van der Waals surface area contributed by atoms with Crippen LogP contribution in [0, 0.1) is 0 Å². The summed E-state index contributed by atoms with van der Waals surface area (Å²) in [7, 11) is -1.87. The smallest absolute Gasteiger partial charge is 0.511 e. The van der Waals surface area contributed by atoms with Crippen molar-refractivity contribution in [3.05, 3.63) is 24.3 Å². The van der Waals surface area contributed by atoms with Gasteiger partial charge >= 0.3 is 7.32 Å². The van der Waals surface area contributed by atoms with Gasteiger partial charge in [0.2, 0.25) is 0 Å². The Labute approximate surface area is 84.9 Å². The van der Waals surface area contributed by atoms with Crippen LogP contribution in [-0.2, 0) is 0 Å². The van der Waals surface area contributed by atoms with Gasteiger partial charge in [0.1, 0.15) is 5.75 Å². The Balaban J connectivity index is 2.38. The Hall–Kier alpha value is -1.93. The van der Waals surface area contributed by atoms with Gasteiger partial charge in [0.05, 0.1) is 5.56 Å². The highest BCUT2D eigenvalue weighted by Gasteiger charge is 2.16. The van der Waals surface area contributed by atoms with E-state index in [9.17, 15) is 0 Å². The van der Waals surface area contributed by atoms with Crippen LogP contribution in [0.15, 0.2) is 24.3 Å². The molecule has 0 spiro atoms. The van der Waals surface area contributed by atoms with Gasteiger partial charge in [0.15, 0.2) is 5.82 Å². The number of nitrogens with one attached hydrogen (secondary N) is 1. The van der Waals surface area contributed by atoms with E-state index >= 15 is 0 Å². The largest absolute Gasteiger partial charge is 0.707 e. The van der Waals surface area contributed by atoms with Gasteiger partial charge in [0, 0.05) is 0 Å². The van der Waals surface area contributed by atoms with Crippen molar-refractivity contribution in [2.45, 2.75) is 0 Å². The molecule has 0 aliphatic heterocycles. The molecule has 0 bridgehead atoms. The number of hydrogen-bond donors (Lipinski definition) is 3. The van der Waals surface area contributed by atoms with E-state index in [1.54, 1.807) is 24.3 Å². The van der Waals surface area contributed by atoms with Crippen molar-refractivity contribution in [3.8, 4) is 17.1 Å². The summed E-state index contributed by atoms with van der Waals surface area (Å²) < 4.78 is 4.76. The zero-order valence-corrected chi connectivity index (χ0v) is 7.53. The van der Waals surface area contributed by atoms with E-state index in [1.807, 2.05) is 0 Å². The highest BCUT2D eigenvalue weighted by Crippen LogP contribution is 2.26. The molecule has 7 nitrogen and oxygen atoms in total. The van der Waals surface area contributed by atoms with Crippen molar-refractivity contribution in [2.24, 2.45) is 0 Å². The van der Waals surface area contributed by atoms with Gasteiger partial charge in [-0.25, -0.2) is 5.10 Å². The number of H-pyrrole nitrogens is 1. The number of tetrazole rings is 1. The van der Waals surface area contributed by atoms with Gasteiger partial charge in [-0.05, 0) is 22.6 Å². The van der Waals surface area contributed by atoms with Crippen LogP contribution in [0.5, 0.6) is 5.75 Å². The lowest BCUT2D eigenvalue weighted by Gasteiger charge is -2.07. The third-order valence-electron chi connectivity index (χ3n) is 1.72. The van der Waals surface area contributed by atoms with E-state index in [2.05, 4.69) is 20.6 Å². The number of hydrogen-bond acceptors (Lipinski definition) is 6. The van der Waals surface area contributed by atoms with Crippen LogP contribution in [-0.4, -0.2) is 38.0 Å². The Kier molecular flexibility index (Phi) is 2.61. The highest BCUT2D eigenvalue weighted by atomic mass is 16.6. The predicted molar refractivity (Wildman–Crippen MR) is 50.4 cm³/mol. The van der Waals surface area contributed by atoms with Crippen LogP contribution in [0.25, 0.3) is 11.4 Å². The van der Waals surface area contributed by atoms with Gasteiger partial charge in [-0.15, -0.1) is 5.10 Å². The van der Waals surface area contributed by atoms with Crippen molar-refractivity contribution in [1.82, 2.24) is 20.6 Å². The first-order chi connectivity index (χ1) is 7.27. The maximum atomic E-state index is 8.70. The minimum atomic E-state index is -1.87. The number of nitrogens with zero attached hydrogens (tertiary/aromatic N) is 3. The third kappa shape index (κ3) is 2.11. The molecule has 0 radical (unpaired) electrons. The molecule has 0 unspecified atom stereocenters. The molecule has 0 aliphatic rings. The summed E-state index contributed by atoms with van der Waals surface area (Å²) in [6, 6.07) is 6.73. The molecule has 0 fully saturated rings. The monoisotopic (exact) mass is 206 g/mol. The number of para-hydroxylation sites is 1. The Morgan fingerprint density at radius 3 is 2.73 bits per heavy atom. The van der Waals surface area contributed by atoms with Crippen LogP contribution in [0.4, 0.5) is 0 Å². The maximum absolute atomic E-state index is 8.70. The number of aromatic amines is 1. The molecule has 3 N–H and O–H groups in total. The fourth-order valence-electron chi connectivity index (χ4n) is 1.15. The highest BCUT2D eigenvalue weighted by molar-refractivity contribution is 6.33. The molecular weight excluding hydrogens is 199 g/mol. The first kappa shape index (κ1) is 9.62. The van der Waals surface area contributed by atoms with E-state index in [0.29, 0.717) is 11.4 Å². The fraction of sp³-hybridized carbons (Fsp3) is 0. The molecule has 0 amide bonds. The molecule has 76 valence electrons. The molecule has 2 rings (SSSR count). The zero-order valence-electron chi connectivity index (χ0n) is 7.53. The molecule has 1 aromatic carbocycles. The minimum absolute atomic E-state index is 0.283. The lowest BCUT2D eigenvalue weighted by Crippen LogP contribution is -2.20. The summed E-state index contributed by atoms with van der Waals surface area (Å²) >= 11 is 0. The van der Waals surface area contributed by atoms with Gasteiger partial charge in [-0.3, -0.25) is 0 Å². The molecule has 0 aliphatic carbocycles. The first-order valence-electron chi connectivity index (χ1n) is 4.13. The van der Waals surface area contributed by atoms with Crippen molar-refractivity contribution in [1.29, 1.82) is 0 Å². The summed E-state index contributed by atoms with van der Waals surface area (Å²) in [6.07, 6.45) is 0. The van der Waals surface area contributed by atoms with E-state index in [1.165, 1.54) is 0 Å². The second kappa shape index (κ2) is 4.07. The number of benzene rings is 1. The maximum Gasteiger partial charge on any atom is 0.707 e. The predicted octanol–water partition coefficient (Wildman–Crippen LogP) is -0.785. The van der Waals surface area contributed by atoms with Crippen LogP contribution in [0.1, 0.15) is 0 Å². The summed E-state index contributed by atoms with van der Waals surface area (Å²) in [4.78, 5) is 0. The lowest BCUT2D eigenvalue weighted by molar-refractivity contribution is 0.288.